The number of carboxylic acids is 1. The lowest BCUT2D eigenvalue weighted by Crippen LogP contribution is -2.32. The summed E-state index contributed by atoms with van der Waals surface area (Å²) < 4.78 is 42.3. The Hall–Kier alpha value is -1.76. The molecule has 1 rings (SSSR count). The molecule has 0 fully saturated rings. The number of benzene rings is 1. The van der Waals surface area contributed by atoms with E-state index in [-0.39, 0.29) is 12.2 Å². The highest BCUT2D eigenvalue weighted by Crippen LogP contribution is 2.36. The van der Waals surface area contributed by atoms with Gasteiger partial charge in [0.05, 0.1) is 12.7 Å². The standard InChI is InChI=1S/C11H12F3NO3/c1-18-9-5-6(4-8(15)10(16)17)2-3-7(9)11(12,13)14/h2-3,5,8H,4,15H2,1H3,(H,16,17)/t8-/m1/s1. The maximum Gasteiger partial charge on any atom is 0.419 e. The maximum atomic E-state index is 12.6. The Bertz CT molecular complexity index is 446. The largest absolute Gasteiger partial charge is 0.496 e. The van der Waals surface area contributed by atoms with Crippen molar-refractivity contribution in [2.75, 3.05) is 7.11 Å². The van der Waals surface area contributed by atoms with Crippen molar-refractivity contribution in [3.63, 3.8) is 0 Å². The number of hydrogen-bond donors (Lipinski definition) is 2. The monoisotopic (exact) mass is 263 g/mol. The van der Waals surface area contributed by atoms with Crippen LogP contribution in [0.1, 0.15) is 11.1 Å². The number of methoxy groups -OCH3 is 1. The van der Waals surface area contributed by atoms with Crippen molar-refractivity contribution in [2.45, 2.75) is 18.6 Å². The Morgan fingerprint density at radius 1 is 1.50 bits per heavy atom. The Labute approximate surface area is 101 Å². The summed E-state index contributed by atoms with van der Waals surface area (Å²) in [5, 5.41) is 8.62. The molecule has 0 amide bonds. The summed E-state index contributed by atoms with van der Waals surface area (Å²) in [6.45, 7) is 0. The molecule has 4 nitrogen and oxygen atoms in total. The van der Waals surface area contributed by atoms with Crippen molar-refractivity contribution in [1.82, 2.24) is 0 Å². The fourth-order valence-electron chi connectivity index (χ4n) is 1.44. The zero-order chi connectivity index (χ0) is 13.9. The first-order valence-electron chi connectivity index (χ1n) is 4.98. The van der Waals surface area contributed by atoms with Gasteiger partial charge in [-0.3, -0.25) is 4.79 Å². The van der Waals surface area contributed by atoms with E-state index >= 15 is 0 Å². The van der Waals surface area contributed by atoms with E-state index in [2.05, 4.69) is 4.74 Å². The van der Waals surface area contributed by atoms with E-state index in [1.165, 1.54) is 6.07 Å². The van der Waals surface area contributed by atoms with E-state index < -0.39 is 23.8 Å². The number of carbonyl (C=O) groups is 1. The van der Waals surface area contributed by atoms with Crippen molar-refractivity contribution in [2.24, 2.45) is 5.73 Å². The van der Waals surface area contributed by atoms with Crippen LogP contribution in [0, 0.1) is 0 Å². The van der Waals surface area contributed by atoms with Gasteiger partial charge in [0.1, 0.15) is 11.8 Å². The lowest BCUT2D eigenvalue weighted by atomic mass is 10.0. The molecule has 0 radical (unpaired) electrons. The number of nitrogens with two attached hydrogens (primary N) is 1. The van der Waals surface area contributed by atoms with E-state index in [0.29, 0.717) is 5.56 Å². The third kappa shape index (κ3) is 3.36. The van der Waals surface area contributed by atoms with Crippen molar-refractivity contribution >= 4 is 5.97 Å². The second kappa shape index (κ2) is 5.26. The molecule has 0 aliphatic rings. The van der Waals surface area contributed by atoms with Crippen LogP contribution in [-0.4, -0.2) is 24.2 Å². The fraction of sp³-hybridized carbons (Fsp3) is 0.364. The average Bonchev–Trinajstić information content (AvgIpc) is 2.27. The predicted molar refractivity (Wildman–Crippen MR) is 57.3 cm³/mol. The molecule has 0 saturated carbocycles. The molecule has 100 valence electrons. The van der Waals surface area contributed by atoms with Crippen LogP contribution in [0.3, 0.4) is 0 Å². The summed E-state index contributed by atoms with van der Waals surface area (Å²) >= 11 is 0. The molecule has 1 aromatic carbocycles. The van der Waals surface area contributed by atoms with Crippen LogP contribution in [0.15, 0.2) is 18.2 Å². The molecule has 0 aromatic heterocycles. The summed E-state index contributed by atoms with van der Waals surface area (Å²) in [5.74, 6) is -1.56. The van der Waals surface area contributed by atoms with Gasteiger partial charge < -0.3 is 15.6 Å². The van der Waals surface area contributed by atoms with Crippen LogP contribution < -0.4 is 10.5 Å². The molecule has 0 aliphatic heterocycles. The van der Waals surface area contributed by atoms with E-state index in [9.17, 15) is 18.0 Å². The average molecular weight is 263 g/mol. The minimum atomic E-state index is -4.52. The Morgan fingerprint density at radius 3 is 2.56 bits per heavy atom. The molecular weight excluding hydrogens is 251 g/mol. The zero-order valence-corrected chi connectivity index (χ0v) is 9.49. The second-order valence-electron chi connectivity index (χ2n) is 3.68. The Kier molecular flexibility index (Phi) is 4.18. The summed E-state index contributed by atoms with van der Waals surface area (Å²) in [5.41, 5.74) is 4.77. The van der Waals surface area contributed by atoms with Crippen LogP contribution in [0.4, 0.5) is 13.2 Å². The quantitative estimate of drug-likeness (QED) is 0.866. The Balaban J connectivity index is 3.03. The highest BCUT2D eigenvalue weighted by atomic mass is 19.4. The number of alkyl halides is 3. The van der Waals surface area contributed by atoms with Crippen LogP contribution in [0.5, 0.6) is 5.75 Å². The summed E-state index contributed by atoms with van der Waals surface area (Å²) in [4.78, 5) is 10.5. The first kappa shape index (κ1) is 14.3. The molecule has 1 atom stereocenters. The lowest BCUT2D eigenvalue weighted by molar-refractivity contribution is -0.139. The van der Waals surface area contributed by atoms with Crippen LogP contribution >= 0.6 is 0 Å². The van der Waals surface area contributed by atoms with Gasteiger partial charge in [0, 0.05) is 0 Å². The first-order valence-corrected chi connectivity index (χ1v) is 4.98. The van der Waals surface area contributed by atoms with Gasteiger partial charge in [0.2, 0.25) is 0 Å². The SMILES string of the molecule is COc1cc(C[C@@H](N)C(=O)O)ccc1C(F)(F)F. The van der Waals surface area contributed by atoms with Gasteiger partial charge in [0.25, 0.3) is 0 Å². The predicted octanol–water partition coefficient (Wildman–Crippen LogP) is 1.67. The molecule has 0 bridgehead atoms. The number of aliphatic carboxylic acids is 1. The molecule has 0 saturated heterocycles. The maximum absolute atomic E-state index is 12.6. The second-order valence-corrected chi connectivity index (χ2v) is 3.68. The fourth-order valence-corrected chi connectivity index (χ4v) is 1.44. The van der Waals surface area contributed by atoms with Gasteiger partial charge in [-0.15, -0.1) is 0 Å². The van der Waals surface area contributed by atoms with Crippen LogP contribution in [0.2, 0.25) is 0 Å². The number of rotatable bonds is 4. The minimum Gasteiger partial charge on any atom is -0.496 e. The topological polar surface area (TPSA) is 72.5 Å². The summed E-state index contributed by atoms with van der Waals surface area (Å²) in [6.07, 6.45) is -4.58. The van der Waals surface area contributed by atoms with Gasteiger partial charge in [0.15, 0.2) is 0 Å². The number of hydrogen-bond acceptors (Lipinski definition) is 3. The molecule has 0 unspecified atom stereocenters. The third-order valence-electron chi connectivity index (χ3n) is 2.34. The van der Waals surface area contributed by atoms with Gasteiger partial charge in [-0.05, 0) is 24.1 Å². The first-order chi connectivity index (χ1) is 8.25. The van der Waals surface area contributed by atoms with Crippen LogP contribution in [0.25, 0.3) is 0 Å². The van der Waals surface area contributed by atoms with Crippen molar-refractivity contribution in [3.05, 3.63) is 29.3 Å². The van der Waals surface area contributed by atoms with Gasteiger partial charge in [-0.2, -0.15) is 13.2 Å². The third-order valence-corrected chi connectivity index (χ3v) is 2.34. The lowest BCUT2D eigenvalue weighted by Gasteiger charge is -2.14. The normalized spacial score (nSPS) is 13.2. The van der Waals surface area contributed by atoms with E-state index in [1.54, 1.807) is 0 Å². The highest BCUT2D eigenvalue weighted by molar-refractivity contribution is 5.73. The minimum absolute atomic E-state index is 0.0656. The summed E-state index contributed by atoms with van der Waals surface area (Å²) in [6, 6.07) is 2.02. The van der Waals surface area contributed by atoms with Gasteiger partial charge in [-0.1, -0.05) is 6.07 Å². The van der Waals surface area contributed by atoms with E-state index in [0.717, 1.165) is 19.2 Å². The van der Waals surface area contributed by atoms with Gasteiger partial charge in [-0.25, -0.2) is 0 Å². The number of ether oxygens (including phenoxy) is 1. The van der Waals surface area contributed by atoms with Crippen molar-refractivity contribution in [1.29, 1.82) is 0 Å². The number of carboxylic acid groups (broad SMARTS) is 1. The van der Waals surface area contributed by atoms with E-state index in [4.69, 9.17) is 10.8 Å². The molecule has 0 heterocycles. The molecule has 18 heavy (non-hydrogen) atoms. The molecule has 1 aromatic rings. The smallest absolute Gasteiger partial charge is 0.419 e. The molecular formula is C11H12F3NO3. The molecule has 3 N–H and O–H groups in total. The van der Waals surface area contributed by atoms with Crippen molar-refractivity contribution in [3.8, 4) is 5.75 Å². The van der Waals surface area contributed by atoms with Crippen LogP contribution in [-0.2, 0) is 17.4 Å². The van der Waals surface area contributed by atoms with Crippen molar-refractivity contribution < 1.29 is 27.8 Å². The van der Waals surface area contributed by atoms with E-state index in [1.807, 2.05) is 0 Å². The highest BCUT2D eigenvalue weighted by Gasteiger charge is 2.34. The Morgan fingerprint density at radius 2 is 2.11 bits per heavy atom. The van der Waals surface area contributed by atoms with Gasteiger partial charge >= 0.3 is 12.1 Å². The molecule has 0 aliphatic carbocycles. The molecule has 0 spiro atoms. The number of halogens is 3. The summed E-state index contributed by atoms with van der Waals surface area (Å²) in [7, 11) is 1.12. The molecule has 7 heteroatoms. The zero-order valence-electron chi connectivity index (χ0n) is 9.49.